The molecule has 7 nitrogen and oxygen atoms in total. The minimum Gasteiger partial charge on any atom is -0.462 e. The highest BCUT2D eigenvalue weighted by Gasteiger charge is 2.23. The second kappa shape index (κ2) is 7.44. The van der Waals surface area contributed by atoms with Crippen LogP contribution >= 0.6 is 11.3 Å². The molecule has 0 amide bonds. The number of aromatic nitrogens is 4. The zero-order chi connectivity index (χ0) is 20.7. The summed E-state index contributed by atoms with van der Waals surface area (Å²) < 4.78 is 7.31. The molecule has 0 aliphatic heterocycles. The van der Waals surface area contributed by atoms with Gasteiger partial charge in [-0.05, 0) is 38.5 Å². The molecule has 0 spiro atoms. The van der Waals surface area contributed by atoms with Crippen LogP contribution in [0, 0.1) is 13.8 Å². The Morgan fingerprint density at radius 2 is 1.97 bits per heavy atom. The maximum absolute atomic E-state index is 12.3. The summed E-state index contributed by atoms with van der Waals surface area (Å²) in [5.74, 6) is 2.09. The number of ether oxygens (including phenoxy) is 1. The number of thiophene rings is 1. The number of benzene rings is 1. The van der Waals surface area contributed by atoms with Gasteiger partial charge in [0.2, 0.25) is 0 Å². The van der Waals surface area contributed by atoms with Gasteiger partial charge in [0.05, 0.1) is 29.6 Å². The van der Waals surface area contributed by atoms with Crippen LogP contribution in [0.3, 0.4) is 0 Å². The van der Waals surface area contributed by atoms with E-state index in [9.17, 15) is 4.79 Å². The number of carbonyl (C=O) groups excluding carboxylic acids is 1. The summed E-state index contributed by atoms with van der Waals surface area (Å²) in [5.41, 5.74) is 2.92. The normalized spacial score (nSPS) is 11.3. The number of aryl methyl sites for hydroxylation is 3. The third-order valence-electron chi connectivity index (χ3n) is 4.96. The Morgan fingerprint density at radius 1 is 1.21 bits per heavy atom. The number of nitrogens with zero attached hydrogens (tertiary/aromatic N) is 5. The molecule has 3 heterocycles. The van der Waals surface area contributed by atoms with E-state index in [1.54, 1.807) is 6.92 Å². The molecule has 1 aromatic carbocycles. The second-order valence-electron chi connectivity index (χ2n) is 6.98. The Kier molecular flexibility index (Phi) is 4.96. The Bertz CT molecular complexity index is 1230. The van der Waals surface area contributed by atoms with E-state index in [2.05, 4.69) is 20.5 Å². The number of hydrogen-bond acceptors (Lipinski definition) is 7. The van der Waals surface area contributed by atoms with Gasteiger partial charge in [-0.25, -0.2) is 19.7 Å². The first kappa shape index (κ1) is 19.3. The standard InChI is InChI=1S/C21H23N5O2S/c1-6-28-21(27)18-12(2)17-19(22-13(3)23-20(17)29-18)25(4)11-16-24-14-9-7-8-10-15(14)26(16)5/h7-10H,6,11H2,1-5H3. The molecule has 8 heteroatoms. The molecule has 0 aliphatic carbocycles. The van der Waals surface area contributed by atoms with Crippen molar-refractivity contribution in [2.75, 3.05) is 18.6 Å². The molecule has 150 valence electrons. The quantitative estimate of drug-likeness (QED) is 0.464. The molecule has 0 aliphatic rings. The molecule has 4 aromatic rings. The number of rotatable bonds is 5. The highest BCUT2D eigenvalue weighted by atomic mass is 32.1. The molecule has 4 rings (SSSR count). The molecule has 0 saturated carbocycles. The summed E-state index contributed by atoms with van der Waals surface area (Å²) in [6.07, 6.45) is 0. The lowest BCUT2D eigenvalue weighted by Gasteiger charge is -2.19. The first-order chi connectivity index (χ1) is 13.9. The van der Waals surface area contributed by atoms with E-state index in [0.29, 0.717) is 23.9 Å². The first-order valence-electron chi connectivity index (χ1n) is 9.47. The maximum atomic E-state index is 12.3. The minimum absolute atomic E-state index is 0.311. The van der Waals surface area contributed by atoms with Gasteiger partial charge in [0, 0.05) is 14.1 Å². The lowest BCUT2D eigenvalue weighted by molar-refractivity contribution is 0.0531. The van der Waals surface area contributed by atoms with E-state index in [0.717, 1.165) is 38.5 Å². The Morgan fingerprint density at radius 3 is 2.69 bits per heavy atom. The van der Waals surface area contributed by atoms with Crippen LogP contribution in [0.2, 0.25) is 0 Å². The molecule has 29 heavy (non-hydrogen) atoms. The van der Waals surface area contributed by atoms with E-state index in [1.807, 2.05) is 46.1 Å². The number of imidazole rings is 1. The molecule has 0 fully saturated rings. The van der Waals surface area contributed by atoms with Gasteiger partial charge in [0.15, 0.2) is 0 Å². The third-order valence-corrected chi connectivity index (χ3v) is 6.13. The van der Waals surface area contributed by atoms with Gasteiger partial charge in [-0.15, -0.1) is 11.3 Å². The van der Waals surface area contributed by atoms with Crippen LogP contribution in [0.15, 0.2) is 24.3 Å². The molecule has 0 saturated heterocycles. The van der Waals surface area contributed by atoms with Crippen LogP contribution < -0.4 is 4.90 Å². The molecule has 0 bridgehead atoms. The van der Waals surface area contributed by atoms with Gasteiger partial charge in [-0.3, -0.25) is 0 Å². The van der Waals surface area contributed by atoms with Crippen molar-refractivity contribution in [2.24, 2.45) is 7.05 Å². The molecule has 3 aromatic heterocycles. The van der Waals surface area contributed by atoms with Crippen LogP contribution in [0.1, 0.15) is 33.8 Å². The largest absolute Gasteiger partial charge is 0.462 e. The zero-order valence-electron chi connectivity index (χ0n) is 17.2. The molecule has 0 N–H and O–H groups in total. The number of fused-ring (bicyclic) bond motifs is 2. The Balaban J connectivity index is 1.77. The van der Waals surface area contributed by atoms with Crippen molar-refractivity contribution in [1.82, 2.24) is 19.5 Å². The van der Waals surface area contributed by atoms with Gasteiger partial charge in [-0.2, -0.15) is 0 Å². The average molecular weight is 410 g/mol. The summed E-state index contributed by atoms with van der Waals surface area (Å²) in [6, 6.07) is 8.08. The molecular formula is C21H23N5O2S. The SMILES string of the molecule is CCOC(=O)c1sc2nc(C)nc(N(C)Cc3nc4ccccc4n3C)c2c1C. The van der Waals surface area contributed by atoms with Crippen LogP contribution in [0.5, 0.6) is 0 Å². The predicted octanol–water partition coefficient (Wildman–Crippen LogP) is 4.01. The minimum atomic E-state index is -0.311. The van der Waals surface area contributed by atoms with Gasteiger partial charge in [0.1, 0.15) is 27.2 Å². The Labute approximate surface area is 173 Å². The monoisotopic (exact) mass is 409 g/mol. The predicted molar refractivity (Wildman–Crippen MR) is 116 cm³/mol. The highest BCUT2D eigenvalue weighted by molar-refractivity contribution is 7.20. The average Bonchev–Trinajstić information content (AvgIpc) is 3.19. The topological polar surface area (TPSA) is 73.1 Å². The van der Waals surface area contributed by atoms with E-state index in [-0.39, 0.29) is 5.97 Å². The van der Waals surface area contributed by atoms with E-state index < -0.39 is 0 Å². The molecular weight excluding hydrogens is 386 g/mol. The van der Waals surface area contributed by atoms with Gasteiger partial charge in [0.25, 0.3) is 0 Å². The zero-order valence-corrected chi connectivity index (χ0v) is 18.0. The summed E-state index contributed by atoms with van der Waals surface area (Å²) >= 11 is 1.36. The smallest absolute Gasteiger partial charge is 0.348 e. The molecule has 0 radical (unpaired) electrons. The fourth-order valence-corrected chi connectivity index (χ4v) is 4.63. The first-order valence-corrected chi connectivity index (χ1v) is 10.3. The third kappa shape index (κ3) is 3.33. The van der Waals surface area contributed by atoms with Crippen molar-refractivity contribution in [2.45, 2.75) is 27.3 Å². The van der Waals surface area contributed by atoms with Gasteiger partial charge >= 0.3 is 5.97 Å². The van der Waals surface area contributed by atoms with Crippen molar-refractivity contribution in [1.29, 1.82) is 0 Å². The Hall–Kier alpha value is -3.00. The van der Waals surface area contributed by atoms with Crippen molar-refractivity contribution < 1.29 is 9.53 Å². The fraction of sp³-hybridized carbons (Fsp3) is 0.333. The number of anilines is 1. The number of hydrogen-bond donors (Lipinski definition) is 0. The van der Waals surface area contributed by atoms with E-state index in [1.165, 1.54) is 11.3 Å². The lowest BCUT2D eigenvalue weighted by atomic mass is 10.2. The number of para-hydroxylation sites is 2. The number of carbonyl (C=O) groups is 1. The van der Waals surface area contributed by atoms with Crippen LogP contribution in [-0.2, 0) is 18.3 Å². The summed E-state index contributed by atoms with van der Waals surface area (Å²) in [7, 11) is 4.01. The summed E-state index contributed by atoms with van der Waals surface area (Å²) in [5, 5.41) is 0.893. The van der Waals surface area contributed by atoms with Gasteiger partial charge in [-0.1, -0.05) is 12.1 Å². The molecule has 0 unspecified atom stereocenters. The number of esters is 1. The summed E-state index contributed by atoms with van der Waals surface area (Å²) in [4.78, 5) is 29.8. The summed E-state index contributed by atoms with van der Waals surface area (Å²) in [6.45, 7) is 6.53. The van der Waals surface area contributed by atoms with Crippen LogP contribution in [-0.4, -0.2) is 39.1 Å². The fourth-order valence-electron chi connectivity index (χ4n) is 3.51. The highest BCUT2D eigenvalue weighted by Crippen LogP contribution is 2.36. The lowest BCUT2D eigenvalue weighted by Crippen LogP contribution is -2.21. The maximum Gasteiger partial charge on any atom is 0.348 e. The van der Waals surface area contributed by atoms with E-state index >= 15 is 0 Å². The van der Waals surface area contributed by atoms with Gasteiger partial charge < -0.3 is 14.2 Å². The van der Waals surface area contributed by atoms with Crippen molar-refractivity contribution in [3.8, 4) is 0 Å². The van der Waals surface area contributed by atoms with Crippen molar-refractivity contribution >= 4 is 44.4 Å². The van der Waals surface area contributed by atoms with Crippen molar-refractivity contribution in [3.05, 3.63) is 46.4 Å². The molecule has 0 atom stereocenters. The van der Waals surface area contributed by atoms with E-state index in [4.69, 9.17) is 14.7 Å². The van der Waals surface area contributed by atoms with Crippen LogP contribution in [0.4, 0.5) is 5.82 Å². The second-order valence-corrected chi connectivity index (χ2v) is 7.98. The van der Waals surface area contributed by atoms with Crippen molar-refractivity contribution in [3.63, 3.8) is 0 Å². The van der Waals surface area contributed by atoms with Crippen LogP contribution in [0.25, 0.3) is 21.3 Å².